The van der Waals surface area contributed by atoms with Crippen molar-refractivity contribution < 1.29 is 4.52 Å². The number of rotatable bonds is 13. The van der Waals surface area contributed by atoms with Crippen LogP contribution in [0.3, 0.4) is 0 Å². The zero-order valence-corrected chi connectivity index (χ0v) is 16.4. The lowest BCUT2D eigenvalue weighted by molar-refractivity contribution is 0.211. The summed E-state index contributed by atoms with van der Waals surface area (Å²) >= 11 is 0. The molecule has 0 aromatic carbocycles. The molecule has 130 valence electrons. The second kappa shape index (κ2) is 13.3. The molecule has 4 nitrogen and oxygen atoms in total. The Morgan fingerprint density at radius 3 is 1.73 bits per heavy atom. The minimum Gasteiger partial charge on any atom is -0.330 e. The molecule has 0 spiro atoms. The van der Waals surface area contributed by atoms with Gasteiger partial charge < -0.3 is 4.52 Å². The molecule has 0 amide bonds. The molecule has 0 aliphatic rings. The number of nitrogens with zero attached hydrogens (tertiary/aromatic N) is 3. The van der Waals surface area contributed by atoms with Crippen molar-refractivity contribution in [2.45, 2.75) is 85.7 Å². The lowest BCUT2D eigenvalue weighted by Crippen LogP contribution is -2.39. The topological polar surface area (TPSA) is 39.5 Å². The molecule has 0 saturated carbocycles. The Bertz CT molecular complexity index is 289. The lowest BCUT2D eigenvalue weighted by atomic mass is 10.2. The largest absolute Gasteiger partial charge is 0.330 e. The third-order valence-electron chi connectivity index (χ3n) is 3.96. The highest BCUT2D eigenvalue weighted by Gasteiger charge is 2.31. The van der Waals surface area contributed by atoms with E-state index in [9.17, 15) is 0 Å². The van der Waals surface area contributed by atoms with Gasteiger partial charge in [0.2, 0.25) is 0 Å². The molecule has 0 aromatic heterocycles. The van der Waals surface area contributed by atoms with Crippen LogP contribution in [0.1, 0.15) is 73.6 Å². The highest BCUT2D eigenvalue weighted by atomic mass is 31.2. The molecule has 0 radical (unpaired) electrons. The zero-order chi connectivity index (χ0) is 17.0. The summed E-state index contributed by atoms with van der Waals surface area (Å²) in [6, 6.07) is 3.22. The molecule has 2 atom stereocenters. The molecule has 0 saturated heterocycles. The van der Waals surface area contributed by atoms with Crippen molar-refractivity contribution in [3.63, 3.8) is 0 Å². The van der Waals surface area contributed by atoms with Crippen LogP contribution >= 0.6 is 8.45 Å². The van der Waals surface area contributed by atoms with Crippen molar-refractivity contribution in [3.8, 4) is 6.07 Å². The first-order valence-corrected chi connectivity index (χ1v) is 10.1. The highest BCUT2D eigenvalue weighted by Crippen LogP contribution is 2.49. The molecule has 0 heterocycles. The molecular formula is C17H36N3OP. The van der Waals surface area contributed by atoms with E-state index in [-0.39, 0.29) is 0 Å². The Morgan fingerprint density at radius 1 is 0.955 bits per heavy atom. The SMILES string of the molecule is CCCN(C(C)CC)P(OCCC#N)N(CCC)C(C)CC. The second-order valence-corrected chi connectivity index (χ2v) is 7.63. The van der Waals surface area contributed by atoms with Gasteiger partial charge in [-0.05, 0) is 39.5 Å². The van der Waals surface area contributed by atoms with Gasteiger partial charge in [0.15, 0.2) is 8.45 Å². The molecular weight excluding hydrogens is 293 g/mol. The van der Waals surface area contributed by atoms with E-state index >= 15 is 0 Å². The number of hydrogen-bond acceptors (Lipinski definition) is 4. The molecule has 0 aromatic rings. The van der Waals surface area contributed by atoms with Gasteiger partial charge in [-0.1, -0.05) is 27.7 Å². The van der Waals surface area contributed by atoms with Crippen LogP contribution in [0.2, 0.25) is 0 Å². The van der Waals surface area contributed by atoms with Crippen LogP contribution in [0.4, 0.5) is 0 Å². The summed E-state index contributed by atoms with van der Waals surface area (Å²) in [5.74, 6) is 0. The van der Waals surface area contributed by atoms with Gasteiger partial charge in [-0.25, -0.2) is 9.34 Å². The third kappa shape index (κ3) is 7.38. The van der Waals surface area contributed by atoms with E-state index in [0.29, 0.717) is 25.1 Å². The summed E-state index contributed by atoms with van der Waals surface area (Å²) in [6.07, 6.45) is 4.98. The van der Waals surface area contributed by atoms with Gasteiger partial charge in [-0.3, -0.25) is 0 Å². The summed E-state index contributed by atoms with van der Waals surface area (Å²) in [4.78, 5) is 0. The highest BCUT2D eigenvalue weighted by molar-refractivity contribution is 7.47. The minimum atomic E-state index is -0.786. The Balaban J connectivity index is 5.28. The Labute approximate surface area is 139 Å². The van der Waals surface area contributed by atoms with Gasteiger partial charge >= 0.3 is 0 Å². The maximum Gasteiger partial charge on any atom is 0.188 e. The molecule has 5 heteroatoms. The summed E-state index contributed by atoms with van der Waals surface area (Å²) < 4.78 is 11.3. The Hall–Kier alpha value is -0.200. The average Bonchev–Trinajstić information content (AvgIpc) is 2.54. The van der Waals surface area contributed by atoms with Crippen LogP contribution in [0.5, 0.6) is 0 Å². The van der Waals surface area contributed by atoms with E-state index in [4.69, 9.17) is 9.79 Å². The van der Waals surface area contributed by atoms with E-state index in [0.717, 1.165) is 38.8 Å². The van der Waals surface area contributed by atoms with Gasteiger partial charge in [-0.2, -0.15) is 5.26 Å². The molecule has 22 heavy (non-hydrogen) atoms. The first-order valence-electron chi connectivity index (χ1n) is 8.90. The van der Waals surface area contributed by atoms with Crippen LogP contribution in [0.25, 0.3) is 0 Å². The molecule has 0 rings (SSSR count). The second-order valence-electron chi connectivity index (χ2n) is 5.83. The molecule has 0 N–H and O–H groups in total. The lowest BCUT2D eigenvalue weighted by Gasteiger charge is -2.43. The zero-order valence-electron chi connectivity index (χ0n) is 15.5. The standard InChI is InChI=1S/C17H36N3OP/c1-7-13-19(16(5)9-3)22(21-15-11-12-18)20(14-8-2)17(6)10-4/h16-17H,7-11,13-15H2,1-6H3. The van der Waals surface area contributed by atoms with E-state index in [1.165, 1.54) is 0 Å². The predicted octanol–water partition coefficient (Wildman–Crippen LogP) is 5.16. The van der Waals surface area contributed by atoms with Crippen molar-refractivity contribution in [3.05, 3.63) is 0 Å². The van der Waals surface area contributed by atoms with Gasteiger partial charge in [0.25, 0.3) is 0 Å². The maximum absolute atomic E-state index is 8.82. The van der Waals surface area contributed by atoms with E-state index in [1.54, 1.807) is 0 Å². The average molecular weight is 329 g/mol. The van der Waals surface area contributed by atoms with E-state index in [1.807, 2.05) is 0 Å². The van der Waals surface area contributed by atoms with E-state index in [2.05, 4.69) is 57.0 Å². The van der Waals surface area contributed by atoms with Crippen molar-refractivity contribution in [1.29, 1.82) is 5.26 Å². The fourth-order valence-electron chi connectivity index (χ4n) is 2.30. The summed E-state index contributed by atoms with van der Waals surface area (Å²) in [7, 11) is -0.786. The van der Waals surface area contributed by atoms with Crippen molar-refractivity contribution in [2.75, 3.05) is 19.7 Å². The van der Waals surface area contributed by atoms with Crippen molar-refractivity contribution in [1.82, 2.24) is 9.34 Å². The first kappa shape index (κ1) is 21.8. The van der Waals surface area contributed by atoms with Crippen LogP contribution in [0.15, 0.2) is 0 Å². The van der Waals surface area contributed by atoms with Gasteiger partial charge in [-0.15, -0.1) is 0 Å². The Kier molecular flexibility index (Phi) is 13.1. The fourth-order valence-corrected chi connectivity index (χ4v) is 4.89. The van der Waals surface area contributed by atoms with Crippen LogP contribution in [-0.2, 0) is 4.52 Å². The normalized spacial score (nSPS) is 15.8. The molecule has 2 unspecified atom stereocenters. The van der Waals surface area contributed by atoms with Crippen LogP contribution in [0, 0.1) is 11.3 Å². The summed E-state index contributed by atoms with van der Waals surface area (Å²) in [6.45, 7) is 16.2. The number of hydrogen-bond donors (Lipinski definition) is 0. The quantitative estimate of drug-likeness (QED) is 0.345. The number of nitriles is 1. The molecule has 0 aliphatic heterocycles. The third-order valence-corrected chi connectivity index (χ3v) is 6.45. The van der Waals surface area contributed by atoms with Crippen molar-refractivity contribution in [2.24, 2.45) is 0 Å². The molecule has 0 aliphatic carbocycles. The van der Waals surface area contributed by atoms with Gasteiger partial charge in [0.05, 0.1) is 19.1 Å². The first-order chi connectivity index (χ1) is 10.6. The Morgan fingerprint density at radius 2 is 1.41 bits per heavy atom. The van der Waals surface area contributed by atoms with Gasteiger partial charge in [0, 0.05) is 25.2 Å². The fraction of sp³-hybridized carbons (Fsp3) is 0.941. The van der Waals surface area contributed by atoms with Gasteiger partial charge in [0.1, 0.15) is 0 Å². The summed E-state index contributed by atoms with van der Waals surface area (Å²) in [5.41, 5.74) is 0. The van der Waals surface area contributed by atoms with Crippen molar-refractivity contribution >= 4 is 8.45 Å². The molecule has 0 fully saturated rings. The van der Waals surface area contributed by atoms with Crippen LogP contribution in [-0.4, -0.2) is 41.1 Å². The smallest absolute Gasteiger partial charge is 0.188 e. The van der Waals surface area contributed by atoms with E-state index < -0.39 is 8.45 Å². The monoisotopic (exact) mass is 329 g/mol. The predicted molar refractivity (Wildman–Crippen MR) is 96.6 cm³/mol. The summed E-state index contributed by atoms with van der Waals surface area (Å²) in [5, 5.41) is 8.82. The molecule has 0 bridgehead atoms. The minimum absolute atomic E-state index is 0.472. The van der Waals surface area contributed by atoms with Crippen LogP contribution < -0.4 is 0 Å². The maximum atomic E-state index is 8.82.